The average molecular weight is 158 g/mol. The van der Waals surface area contributed by atoms with Crippen molar-refractivity contribution in [1.82, 2.24) is 0 Å². The molecule has 0 bridgehead atoms. The molecular formula is C9H22N2. The van der Waals surface area contributed by atoms with E-state index in [0.29, 0.717) is 17.9 Å². The lowest BCUT2D eigenvalue weighted by atomic mass is 9.96. The van der Waals surface area contributed by atoms with Crippen molar-refractivity contribution in [1.29, 1.82) is 0 Å². The first-order chi connectivity index (χ1) is 5.07. The Morgan fingerprint density at radius 1 is 1.09 bits per heavy atom. The van der Waals surface area contributed by atoms with E-state index in [4.69, 9.17) is 11.5 Å². The van der Waals surface area contributed by atoms with Gasteiger partial charge in [-0.1, -0.05) is 20.8 Å². The van der Waals surface area contributed by atoms with Crippen LogP contribution < -0.4 is 11.5 Å². The second-order valence-electron chi connectivity index (χ2n) is 3.83. The van der Waals surface area contributed by atoms with Gasteiger partial charge in [0.2, 0.25) is 0 Å². The number of rotatable bonds is 5. The average Bonchev–Trinajstić information content (AvgIpc) is 1.99. The van der Waals surface area contributed by atoms with Gasteiger partial charge in [-0.05, 0) is 31.2 Å². The Hall–Kier alpha value is -0.0800. The Kier molecular flexibility index (Phi) is 5.51. The molecule has 0 saturated heterocycles. The van der Waals surface area contributed by atoms with Crippen LogP contribution in [-0.4, -0.2) is 12.6 Å². The van der Waals surface area contributed by atoms with E-state index in [1.54, 1.807) is 0 Å². The molecule has 0 aromatic rings. The minimum Gasteiger partial charge on any atom is -0.330 e. The molecule has 0 aromatic heterocycles. The Balaban J connectivity index is 3.37. The van der Waals surface area contributed by atoms with Crippen LogP contribution in [0.25, 0.3) is 0 Å². The van der Waals surface area contributed by atoms with Crippen LogP contribution in [-0.2, 0) is 0 Å². The lowest BCUT2D eigenvalue weighted by molar-refractivity contribution is 0.409. The van der Waals surface area contributed by atoms with Gasteiger partial charge in [-0.2, -0.15) is 0 Å². The number of hydrogen-bond donors (Lipinski definition) is 2. The fourth-order valence-electron chi connectivity index (χ4n) is 0.928. The quantitative estimate of drug-likeness (QED) is 0.634. The zero-order valence-electron chi connectivity index (χ0n) is 8.01. The zero-order chi connectivity index (χ0) is 8.85. The van der Waals surface area contributed by atoms with Gasteiger partial charge in [-0.25, -0.2) is 0 Å². The van der Waals surface area contributed by atoms with Gasteiger partial charge in [0, 0.05) is 6.04 Å². The summed E-state index contributed by atoms with van der Waals surface area (Å²) in [6, 6.07) is 0.351. The second-order valence-corrected chi connectivity index (χ2v) is 3.83. The molecule has 0 heterocycles. The van der Waals surface area contributed by atoms with E-state index >= 15 is 0 Å². The summed E-state index contributed by atoms with van der Waals surface area (Å²) in [6.45, 7) is 7.29. The third-order valence-corrected chi connectivity index (χ3v) is 2.25. The highest BCUT2D eigenvalue weighted by atomic mass is 14.6. The van der Waals surface area contributed by atoms with Gasteiger partial charge < -0.3 is 11.5 Å². The summed E-state index contributed by atoms with van der Waals surface area (Å²) >= 11 is 0. The molecule has 0 saturated carbocycles. The van der Waals surface area contributed by atoms with E-state index in [9.17, 15) is 0 Å². The molecule has 0 radical (unpaired) electrons. The van der Waals surface area contributed by atoms with Crippen molar-refractivity contribution in [3.05, 3.63) is 0 Å². The van der Waals surface area contributed by atoms with Gasteiger partial charge in [0.25, 0.3) is 0 Å². The molecule has 0 aliphatic carbocycles. The molecule has 0 rings (SSSR count). The van der Waals surface area contributed by atoms with Gasteiger partial charge in [0.1, 0.15) is 0 Å². The van der Waals surface area contributed by atoms with E-state index in [1.807, 2.05) is 0 Å². The first-order valence-corrected chi connectivity index (χ1v) is 4.53. The standard InChI is InChI=1S/C9H22N2/c1-7(2)9(11)5-4-8(3)6-10/h7-9H,4-6,10-11H2,1-3H3. The first-order valence-electron chi connectivity index (χ1n) is 4.53. The van der Waals surface area contributed by atoms with Crippen molar-refractivity contribution in [3.63, 3.8) is 0 Å². The summed E-state index contributed by atoms with van der Waals surface area (Å²) in [5.74, 6) is 1.22. The highest BCUT2D eigenvalue weighted by Crippen LogP contribution is 2.10. The van der Waals surface area contributed by atoms with Crippen LogP contribution in [0.15, 0.2) is 0 Å². The van der Waals surface area contributed by atoms with Gasteiger partial charge in [-0.15, -0.1) is 0 Å². The molecule has 0 fully saturated rings. The molecule has 2 unspecified atom stereocenters. The Bertz CT molecular complexity index is 91.6. The largest absolute Gasteiger partial charge is 0.330 e. The van der Waals surface area contributed by atoms with E-state index < -0.39 is 0 Å². The summed E-state index contributed by atoms with van der Waals surface area (Å²) in [5.41, 5.74) is 11.4. The fraction of sp³-hybridized carbons (Fsp3) is 1.00. The van der Waals surface area contributed by atoms with Crippen molar-refractivity contribution in [3.8, 4) is 0 Å². The topological polar surface area (TPSA) is 52.0 Å². The maximum atomic E-state index is 5.88. The second kappa shape index (κ2) is 5.56. The summed E-state index contributed by atoms with van der Waals surface area (Å²) in [5, 5.41) is 0. The molecular weight excluding hydrogens is 136 g/mol. The molecule has 0 aliphatic heterocycles. The number of nitrogens with two attached hydrogens (primary N) is 2. The summed E-state index contributed by atoms with van der Waals surface area (Å²) in [4.78, 5) is 0. The lowest BCUT2D eigenvalue weighted by Crippen LogP contribution is -2.27. The molecule has 2 atom stereocenters. The summed E-state index contributed by atoms with van der Waals surface area (Å²) in [7, 11) is 0. The zero-order valence-corrected chi connectivity index (χ0v) is 8.01. The molecule has 2 heteroatoms. The van der Waals surface area contributed by atoms with Gasteiger partial charge in [0.15, 0.2) is 0 Å². The van der Waals surface area contributed by atoms with Crippen molar-refractivity contribution >= 4 is 0 Å². The van der Waals surface area contributed by atoms with Crippen LogP contribution >= 0.6 is 0 Å². The van der Waals surface area contributed by atoms with E-state index in [2.05, 4.69) is 20.8 Å². The molecule has 68 valence electrons. The highest BCUT2D eigenvalue weighted by molar-refractivity contribution is 4.67. The fourth-order valence-corrected chi connectivity index (χ4v) is 0.928. The smallest absolute Gasteiger partial charge is 0.00620 e. The normalized spacial score (nSPS) is 16.9. The van der Waals surface area contributed by atoms with Crippen LogP contribution in [0.2, 0.25) is 0 Å². The Morgan fingerprint density at radius 2 is 1.64 bits per heavy atom. The van der Waals surface area contributed by atoms with Crippen LogP contribution in [0.1, 0.15) is 33.6 Å². The summed E-state index contributed by atoms with van der Waals surface area (Å²) in [6.07, 6.45) is 2.27. The minimum absolute atomic E-state index is 0.351. The lowest BCUT2D eigenvalue weighted by Gasteiger charge is -2.17. The van der Waals surface area contributed by atoms with Crippen molar-refractivity contribution in [2.45, 2.75) is 39.7 Å². The highest BCUT2D eigenvalue weighted by Gasteiger charge is 2.08. The van der Waals surface area contributed by atoms with Crippen molar-refractivity contribution in [2.75, 3.05) is 6.54 Å². The van der Waals surface area contributed by atoms with E-state index in [-0.39, 0.29) is 0 Å². The van der Waals surface area contributed by atoms with Gasteiger partial charge in [0.05, 0.1) is 0 Å². The van der Waals surface area contributed by atoms with Crippen molar-refractivity contribution in [2.24, 2.45) is 23.3 Å². The predicted octanol–water partition coefficient (Wildman–Crippen LogP) is 1.34. The summed E-state index contributed by atoms with van der Waals surface area (Å²) < 4.78 is 0. The van der Waals surface area contributed by atoms with Crippen LogP contribution in [0.3, 0.4) is 0 Å². The predicted molar refractivity (Wildman–Crippen MR) is 50.3 cm³/mol. The molecule has 0 amide bonds. The van der Waals surface area contributed by atoms with Crippen LogP contribution in [0.5, 0.6) is 0 Å². The monoisotopic (exact) mass is 158 g/mol. The van der Waals surface area contributed by atoms with Gasteiger partial charge >= 0.3 is 0 Å². The molecule has 11 heavy (non-hydrogen) atoms. The van der Waals surface area contributed by atoms with E-state index in [1.165, 1.54) is 0 Å². The molecule has 0 aliphatic rings. The Labute approximate surface area is 70.3 Å². The number of hydrogen-bond acceptors (Lipinski definition) is 2. The Morgan fingerprint density at radius 3 is 2.00 bits per heavy atom. The molecule has 2 nitrogen and oxygen atoms in total. The third-order valence-electron chi connectivity index (χ3n) is 2.25. The molecule has 0 spiro atoms. The molecule has 0 aromatic carbocycles. The molecule has 4 N–H and O–H groups in total. The van der Waals surface area contributed by atoms with Crippen molar-refractivity contribution < 1.29 is 0 Å². The minimum atomic E-state index is 0.351. The SMILES string of the molecule is CC(CN)CCC(N)C(C)C. The third kappa shape index (κ3) is 5.22. The van der Waals surface area contributed by atoms with Crippen LogP contribution in [0, 0.1) is 11.8 Å². The van der Waals surface area contributed by atoms with Gasteiger partial charge in [-0.3, -0.25) is 0 Å². The van der Waals surface area contributed by atoms with Crippen LogP contribution in [0.4, 0.5) is 0 Å². The maximum absolute atomic E-state index is 5.88. The van der Waals surface area contributed by atoms with E-state index in [0.717, 1.165) is 19.4 Å². The first kappa shape index (κ1) is 10.9. The maximum Gasteiger partial charge on any atom is 0.00620 e.